The summed E-state index contributed by atoms with van der Waals surface area (Å²) in [5.74, 6) is 1.61. The van der Waals surface area contributed by atoms with Crippen molar-refractivity contribution in [2.45, 2.75) is 13.0 Å². The van der Waals surface area contributed by atoms with Crippen LogP contribution in [0.15, 0.2) is 60.9 Å². The standard InChI is InChI=1S/C20H16N2O2/c1-13-7-15-8-17-18(24-12-23-17)9-16(15)20-19(21-11-22(20)10-13)14-5-3-2-4-6-14/h2-6,8-9,11H,1,7,10,12H2. The third-order valence-corrected chi connectivity index (χ3v) is 4.57. The van der Waals surface area contributed by atoms with Crippen LogP contribution in [0.5, 0.6) is 11.5 Å². The number of ether oxygens (including phenoxy) is 2. The monoisotopic (exact) mass is 316 g/mol. The molecule has 4 nitrogen and oxygen atoms in total. The van der Waals surface area contributed by atoms with E-state index >= 15 is 0 Å². The van der Waals surface area contributed by atoms with E-state index in [-0.39, 0.29) is 6.79 Å². The van der Waals surface area contributed by atoms with Gasteiger partial charge in [-0.05, 0) is 24.1 Å². The van der Waals surface area contributed by atoms with E-state index in [2.05, 4.69) is 40.4 Å². The number of imidazole rings is 1. The Morgan fingerprint density at radius 3 is 2.67 bits per heavy atom. The van der Waals surface area contributed by atoms with Gasteiger partial charge in [-0.3, -0.25) is 0 Å². The number of benzene rings is 2. The van der Waals surface area contributed by atoms with Crippen LogP contribution in [-0.4, -0.2) is 16.3 Å². The molecular formula is C20H16N2O2. The normalized spacial score (nSPS) is 14.9. The van der Waals surface area contributed by atoms with Crippen molar-refractivity contribution in [3.63, 3.8) is 0 Å². The molecule has 4 heteroatoms. The quantitative estimate of drug-likeness (QED) is 0.635. The third-order valence-electron chi connectivity index (χ3n) is 4.57. The molecule has 0 N–H and O–H groups in total. The van der Waals surface area contributed by atoms with Gasteiger partial charge in [-0.25, -0.2) is 4.98 Å². The Bertz CT molecular complexity index is 957. The maximum Gasteiger partial charge on any atom is 0.231 e. The topological polar surface area (TPSA) is 36.3 Å². The van der Waals surface area contributed by atoms with Gasteiger partial charge in [0, 0.05) is 17.7 Å². The number of fused-ring (bicyclic) bond motifs is 4. The average Bonchev–Trinajstić information content (AvgIpc) is 3.18. The molecule has 0 bridgehead atoms. The molecule has 3 heterocycles. The first kappa shape index (κ1) is 13.4. The maximum absolute atomic E-state index is 5.60. The molecule has 0 atom stereocenters. The minimum absolute atomic E-state index is 0.282. The van der Waals surface area contributed by atoms with Crippen LogP contribution in [0.1, 0.15) is 5.56 Å². The van der Waals surface area contributed by atoms with E-state index in [1.54, 1.807) is 0 Å². The van der Waals surface area contributed by atoms with Crippen molar-refractivity contribution in [1.82, 2.24) is 9.55 Å². The van der Waals surface area contributed by atoms with Gasteiger partial charge < -0.3 is 14.0 Å². The second kappa shape index (κ2) is 4.99. The summed E-state index contributed by atoms with van der Waals surface area (Å²) in [6.45, 7) is 5.28. The van der Waals surface area contributed by atoms with E-state index < -0.39 is 0 Å². The molecule has 2 aromatic carbocycles. The molecule has 3 aromatic rings. The molecule has 2 aliphatic rings. The Morgan fingerprint density at radius 2 is 1.83 bits per heavy atom. The number of hydrogen-bond acceptors (Lipinski definition) is 3. The van der Waals surface area contributed by atoms with Crippen molar-refractivity contribution in [3.8, 4) is 34.0 Å². The van der Waals surface area contributed by atoms with Crippen molar-refractivity contribution < 1.29 is 9.47 Å². The molecule has 1 aromatic heterocycles. The van der Waals surface area contributed by atoms with E-state index in [0.717, 1.165) is 52.6 Å². The van der Waals surface area contributed by atoms with Gasteiger partial charge in [0.2, 0.25) is 6.79 Å². The Labute approximate surface area is 140 Å². The highest BCUT2D eigenvalue weighted by molar-refractivity contribution is 5.82. The van der Waals surface area contributed by atoms with Crippen LogP contribution in [-0.2, 0) is 13.0 Å². The van der Waals surface area contributed by atoms with Gasteiger partial charge in [-0.15, -0.1) is 0 Å². The Kier molecular flexibility index (Phi) is 2.80. The van der Waals surface area contributed by atoms with Crippen LogP contribution < -0.4 is 9.47 Å². The molecule has 0 spiro atoms. The lowest BCUT2D eigenvalue weighted by atomic mass is 9.97. The summed E-state index contributed by atoms with van der Waals surface area (Å²) in [5.41, 5.74) is 6.74. The molecule has 24 heavy (non-hydrogen) atoms. The van der Waals surface area contributed by atoms with Crippen LogP contribution in [0.2, 0.25) is 0 Å². The lowest BCUT2D eigenvalue weighted by molar-refractivity contribution is 0.174. The highest BCUT2D eigenvalue weighted by atomic mass is 16.7. The molecule has 0 aliphatic carbocycles. The molecule has 0 saturated carbocycles. The second-order valence-electron chi connectivity index (χ2n) is 6.23. The first-order chi connectivity index (χ1) is 11.8. The van der Waals surface area contributed by atoms with Crippen LogP contribution >= 0.6 is 0 Å². The van der Waals surface area contributed by atoms with E-state index in [0.29, 0.717) is 0 Å². The zero-order valence-corrected chi connectivity index (χ0v) is 13.2. The van der Waals surface area contributed by atoms with Gasteiger partial charge in [0.1, 0.15) is 0 Å². The lowest BCUT2D eigenvalue weighted by Gasteiger charge is -2.11. The SMILES string of the molecule is C=C1Cc2cc3c(cc2-c2c(-c4ccccc4)ncn2C1)OCO3. The molecule has 0 saturated heterocycles. The highest BCUT2D eigenvalue weighted by Gasteiger charge is 2.25. The summed E-state index contributed by atoms with van der Waals surface area (Å²) in [6, 6.07) is 14.4. The smallest absolute Gasteiger partial charge is 0.231 e. The number of rotatable bonds is 1. The number of aromatic nitrogens is 2. The molecule has 0 unspecified atom stereocenters. The summed E-state index contributed by atoms with van der Waals surface area (Å²) in [6.07, 6.45) is 2.74. The van der Waals surface area contributed by atoms with Gasteiger partial charge in [0.15, 0.2) is 11.5 Å². The highest BCUT2D eigenvalue weighted by Crippen LogP contribution is 2.43. The van der Waals surface area contributed by atoms with Gasteiger partial charge in [-0.2, -0.15) is 0 Å². The summed E-state index contributed by atoms with van der Waals surface area (Å²) in [5, 5.41) is 0. The Morgan fingerprint density at radius 1 is 1.04 bits per heavy atom. The Hall–Kier alpha value is -3.01. The predicted octanol–water partition coefficient (Wildman–Crippen LogP) is 4.06. The maximum atomic E-state index is 5.60. The largest absolute Gasteiger partial charge is 0.454 e. The van der Waals surface area contributed by atoms with Gasteiger partial charge in [-0.1, -0.05) is 42.5 Å². The first-order valence-electron chi connectivity index (χ1n) is 8.00. The van der Waals surface area contributed by atoms with Crippen LogP contribution in [0.3, 0.4) is 0 Å². The second-order valence-corrected chi connectivity index (χ2v) is 6.23. The third kappa shape index (κ3) is 1.96. The number of allylic oxidation sites excluding steroid dienone is 1. The lowest BCUT2D eigenvalue weighted by Crippen LogP contribution is -1.98. The summed E-state index contributed by atoms with van der Waals surface area (Å²) in [4.78, 5) is 4.69. The summed E-state index contributed by atoms with van der Waals surface area (Å²) >= 11 is 0. The number of nitrogens with zero attached hydrogens (tertiary/aromatic N) is 2. The van der Waals surface area contributed by atoms with Crippen molar-refractivity contribution in [3.05, 3.63) is 66.5 Å². The van der Waals surface area contributed by atoms with Gasteiger partial charge in [0.25, 0.3) is 0 Å². The minimum Gasteiger partial charge on any atom is -0.454 e. The van der Waals surface area contributed by atoms with Crippen molar-refractivity contribution >= 4 is 0 Å². The minimum atomic E-state index is 0.282. The van der Waals surface area contributed by atoms with Crippen LogP contribution in [0, 0.1) is 0 Å². The fourth-order valence-electron chi connectivity index (χ4n) is 3.51. The number of hydrogen-bond donors (Lipinski definition) is 0. The van der Waals surface area contributed by atoms with Gasteiger partial charge >= 0.3 is 0 Å². The molecule has 0 radical (unpaired) electrons. The van der Waals surface area contributed by atoms with Crippen LogP contribution in [0.25, 0.3) is 22.5 Å². The zero-order chi connectivity index (χ0) is 16.1. The molecule has 0 fully saturated rings. The van der Waals surface area contributed by atoms with Crippen LogP contribution in [0.4, 0.5) is 0 Å². The predicted molar refractivity (Wildman–Crippen MR) is 92.1 cm³/mol. The van der Waals surface area contributed by atoms with E-state index in [9.17, 15) is 0 Å². The fourth-order valence-corrected chi connectivity index (χ4v) is 3.51. The molecular weight excluding hydrogens is 300 g/mol. The van der Waals surface area contributed by atoms with E-state index in [4.69, 9.17) is 9.47 Å². The zero-order valence-electron chi connectivity index (χ0n) is 13.2. The van der Waals surface area contributed by atoms with Crippen molar-refractivity contribution in [2.24, 2.45) is 0 Å². The first-order valence-corrected chi connectivity index (χ1v) is 8.00. The summed E-state index contributed by atoms with van der Waals surface area (Å²) < 4.78 is 13.3. The fraction of sp³-hybridized carbons (Fsp3) is 0.150. The average molecular weight is 316 g/mol. The molecule has 0 amide bonds. The van der Waals surface area contributed by atoms with E-state index in [1.807, 2.05) is 24.5 Å². The van der Waals surface area contributed by atoms with Gasteiger partial charge in [0.05, 0.1) is 17.7 Å². The van der Waals surface area contributed by atoms with Crippen molar-refractivity contribution in [2.75, 3.05) is 6.79 Å². The molecule has 118 valence electrons. The van der Waals surface area contributed by atoms with E-state index in [1.165, 1.54) is 5.56 Å². The Balaban J connectivity index is 1.79. The van der Waals surface area contributed by atoms with Crippen molar-refractivity contribution in [1.29, 1.82) is 0 Å². The summed E-state index contributed by atoms with van der Waals surface area (Å²) in [7, 11) is 0. The molecule has 5 rings (SSSR count). The molecule has 2 aliphatic heterocycles.